The topological polar surface area (TPSA) is 633 Å². The van der Waals surface area contributed by atoms with Gasteiger partial charge >= 0.3 is 5.97 Å². The number of aliphatic carboxylic acids is 1. The number of guanidine groups is 1. The Hall–Kier alpha value is -11.8. The van der Waals surface area contributed by atoms with Crippen LogP contribution >= 0.6 is 21.6 Å². The van der Waals surface area contributed by atoms with Crippen molar-refractivity contribution in [2.24, 2.45) is 36.1 Å². The molecule has 42 heteroatoms. The molecule has 4 heterocycles. The molecule has 14 atom stereocenters. The van der Waals surface area contributed by atoms with Crippen molar-refractivity contribution in [2.75, 3.05) is 24.6 Å². The molecule has 0 bridgehead atoms. The number of para-hydroxylation sites is 2. The van der Waals surface area contributed by atoms with Crippen LogP contribution in [0.5, 0.6) is 0 Å². The fourth-order valence-corrected chi connectivity index (χ4v) is 14.5. The number of carbonyl (C=O) groups is 16. The van der Waals surface area contributed by atoms with Crippen molar-refractivity contribution in [1.82, 2.24) is 94.0 Å². The molecule has 620 valence electrons. The SMILES string of the molecule is CC[C@H](C)[C@H](NC(C)=O)C(=O)NC1CSSC[C@@H](C(=O)N[C@H](C(N)=O)[C@@H](C)O)NC(=O)[C@H](CCCNC(=N)N)NC(=O)[C@H](Cc2cnc[nH]2)NC(=O)[C@H](C)NC(=O)CNC(=O)[C@H](Cc2c[nH]c3ccccc23)NC(=O)[C@H](CC(=O)O)NC(=O)[C@H](CCC(N)=O)NC(=O)[C@H](Cc2cn(C)c3ccccc23)NC(=O)[C@H](C(C)C)NC1=O. The molecular weight excluding hydrogens is 1530 g/mol. The molecule has 1 saturated heterocycles. The lowest BCUT2D eigenvalue weighted by Crippen LogP contribution is -2.61. The monoisotopic (exact) mass is 1630 g/mol. The third-order valence-electron chi connectivity index (χ3n) is 18.5. The molecule has 1 fully saturated rings. The van der Waals surface area contributed by atoms with Gasteiger partial charge in [0, 0.05) is 104 Å². The zero-order valence-corrected chi connectivity index (χ0v) is 65.8. The Balaban J connectivity index is 1.48. The van der Waals surface area contributed by atoms with Crippen molar-refractivity contribution in [3.63, 3.8) is 0 Å². The van der Waals surface area contributed by atoms with Crippen LogP contribution in [0.1, 0.15) is 104 Å². The van der Waals surface area contributed by atoms with Crippen molar-refractivity contribution >= 4 is 144 Å². The van der Waals surface area contributed by atoms with Crippen molar-refractivity contribution in [2.45, 2.75) is 185 Å². The summed E-state index contributed by atoms with van der Waals surface area (Å²) in [6.07, 6.45) is 0.938. The molecule has 25 N–H and O–H groups in total. The number of H-pyrrole nitrogens is 2. The molecule has 1 aliphatic heterocycles. The van der Waals surface area contributed by atoms with Gasteiger partial charge in [-0.05, 0) is 68.2 Å². The van der Waals surface area contributed by atoms with Crippen LogP contribution in [0.15, 0.2) is 73.4 Å². The van der Waals surface area contributed by atoms with E-state index in [1.807, 2.05) is 0 Å². The first-order valence-electron chi connectivity index (χ1n) is 36.7. The summed E-state index contributed by atoms with van der Waals surface area (Å²) >= 11 is 0. The molecule has 40 nitrogen and oxygen atoms in total. The Bertz CT molecular complexity index is 4310. The van der Waals surface area contributed by atoms with E-state index in [2.05, 4.69) is 89.4 Å². The van der Waals surface area contributed by atoms with Gasteiger partial charge in [-0.1, -0.05) is 92.1 Å². The number of carboxylic acid groups (broad SMARTS) is 1. The van der Waals surface area contributed by atoms with Crippen LogP contribution in [0.25, 0.3) is 21.8 Å². The van der Waals surface area contributed by atoms with E-state index in [1.165, 1.54) is 46.4 Å². The molecule has 3 aromatic heterocycles. The largest absolute Gasteiger partial charge is 0.481 e. The lowest BCUT2D eigenvalue weighted by molar-refractivity contribution is -0.141. The predicted octanol–water partition coefficient (Wildman–Crippen LogP) is -4.65. The highest BCUT2D eigenvalue weighted by Crippen LogP contribution is 2.26. The number of aromatic amines is 2. The molecule has 0 spiro atoms. The number of primary amides is 2. The van der Waals surface area contributed by atoms with E-state index in [0.29, 0.717) is 39.4 Å². The first-order chi connectivity index (χ1) is 53.9. The normalized spacial score (nSPS) is 22.6. The van der Waals surface area contributed by atoms with Gasteiger partial charge in [0.2, 0.25) is 88.6 Å². The molecule has 15 amide bonds. The third-order valence-corrected chi connectivity index (χ3v) is 20.9. The minimum Gasteiger partial charge on any atom is -0.481 e. The number of aliphatic hydroxyl groups excluding tert-OH is 1. The van der Waals surface area contributed by atoms with E-state index >= 15 is 14.4 Å². The minimum atomic E-state index is -2.06. The van der Waals surface area contributed by atoms with Gasteiger partial charge in [0.15, 0.2) is 5.96 Å². The van der Waals surface area contributed by atoms with Gasteiger partial charge in [-0.3, -0.25) is 82.1 Å². The average Bonchev–Trinajstić information content (AvgIpc) is 1.65. The number of fused-ring (bicyclic) bond motifs is 2. The van der Waals surface area contributed by atoms with E-state index in [-0.39, 0.29) is 44.3 Å². The van der Waals surface area contributed by atoms with Crippen LogP contribution in [0.4, 0.5) is 0 Å². The smallest absolute Gasteiger partial charge is 0.305 e. The van der Waals surface area contributed by atoms with E-state index < -0.39 is 228 Å². The third kappa shape index (κ3) is 27.8. The molecule has 0 radical (unpaired) electrons. The van der Waals surface area contributed by atoms with Gasteiger partial charge in [0.1, 0.15) is 72.5 Å². The molecule has 2 aromatic carbocycles. The number of nitrogens with zero attached hydrogens (tertiary/aromatic N) is 2. The molecule has 5 aromatic rings. The number of nitrogens with two attached hydrogens (primary N) is 3. The fourth-order valence-electron chi connectivity index (χ4n) is 12.1. The summed E-state index contributed by atoms with van der Waals surface area (Å²) in [7, 11) is 3.37. The number of nitrogens with one attached hydrogen (secondary N) is 17. The van der Waals surface area contributed by atoms with Crippen LogP contribution in [-0.2, 0) is 103 Å². The average molecular weight is 1630 g/mol. The number of carbonyl (C=O) groups excluding carboxylic acids is 15. The van der Waals surface area contributed by atoms with E-state index in [1.54, 1.807) is 80.2 Å². The van der Waals surface area contributed by atoms with Crippen molar-refractivity contribution in [1.29, 1.82) is 5.41 Å². The first-order valence-corrected chi connectivity index (χ1v) is 39.2. The molecule has 1 aliphatic rings. The van der Waals surface area contributed by atoms with Gasteiger partial charge in [-0.2, -0.15) is 0 Å². The quantitative estimate of drug-likeness (QED) is 0.0113. The summed E-state index contributed by atoms with van der Waals surface area (Å²) in [5.41, 5.74) is 19.2. The molecule has 6 rings (SSSR count). The van der Waals surface area contributed by atoms with Crippen molar-refractivity contribution in [3.8, 4) is 0 Å². The molecule has 0 aliphatic carbocycles. The van der Waals surface area contributed by atoms with Crippen LogP contribution in [0.3, 0.4) is 0 Å². The van der Waals surface area contributed by atoms with Gasteiger partial charge in [-0.15, -0.1) is 0 Å². The molecular formula is C72H102N22O18S2. The van der Waals surface area contributed by atoms with E-state index in [4.69, 9.17) is 22.6 Å². The highest BCUT2D eigenvalue weighted by Gasteiger charge is 2.39. The van der Waals surface area contributed by atoms with E-state index in [9.17, 15) is 72.5 Å². The Morgan fingerprint density at radius 1 is 0.658 bits per heavy atom. The number of hydrogen-bond acceptors (Lipinski definition) is 21. The Morgan fingerprint density at radius 3 is 1.86 bits per heavy atom. The summed E-state index contributed by atoms with van der Waals surface area (Å²) in [6.45, 7) is 9.12. The highest BCUT2D eigenvalue weighted by atomic mass is 33.1. The number of benzene rings is 2. The van der Waals surface area contributed by atoms with Gasteiger partial charge in [-0.25, -0.2) is 4.98 Å². The van der Waals surface area contributed by atoms with Crippen molar-refractivity contribution in [3.05, 3.63) is 90.3 Å². The number of rotatable bonds is 25. The van der Waals surface area contributed by atoms with Gasteiger partial charge < -0.3 is 116 Å². The number of aromatic nitrogens is 4. The maximum atomic E-state index is 15.2. The van der Waals surface area contributed by atoms with Crippen LogP contribution in [0.2, 0.25) is 0 Å². The van der Waals surface area contributed by atoms with Crippen molar-refractivity contribution < 1.29 is 86.9 Å². The zero-order valence-electron chi connectivity index (χ0n) is 64.2. The Labute approximate surface area is 663 Å². The number of hydrogen-bond donors (Lipinski definition) is 22. The number of aliphatic hydroxyl groups is 1. The molecule has 114 heavy (non-hydrogen) atoms. The van der Waals surface area contributed by atoms with Gasteiger partial charge in [0.25, 0.3) is 0 Å². The maximum absolute atomic E-state index is 15.2. The zero-order chi connectivity index (χ0) is 84.2. The summed E-state index contributed by atoms with van der Waals surface area (Å²) in [5, 5.41) is 65.1. The highest BCUT2D eigenvalue weighted by molar-refractivity contribution is 8.76. The van der Waals surface area contributed by atoms with Crippen LogP contribution < -0.4 is 91.6 Å². The second kappa shape index (κ2) is 43.8. The molecule has 1 unspecified atom stereocenters. The fraction of sp³-hybridized carbons (Fsp3) is 0.500. The lowest BCUT2D eigenvalue weighted by atomic mass is 9.97. The second-order valence-corrected chi connectivity index (χ2v) is 30.5. The summed E-state index contributed by atoms with van der Waals surface area (Å²) < 4.78 is 1.74. The summed E-state index contributed by atoms with van der Waals surface area (Å²) in [6, 6.07) is -6.09. The summed E-state index contributed by atoms with van der Waals surface area (Å²) in [5.74, 6) is -19.9. The standard InChI is InChI=1S/C72H102N22O18S2/c1-9-35(4)58(83-38(7)96)71(112)91-52-32-114-113-31-51(69(110)93-59(37(6)95)60(74)101)90-63(104)45(18-14-22-78-72(75)76)84-66(107)49(25-41-28-77-33-81-41)86-61(102)36(5)82-55(98)29-80-62(103)47(23-39-27-79-44-17-12-10-15-42(39)44)87-67(108)50(26-56(99)100)88-64(105)46(20-21-54(73)97)85-65(106)48(89-70(111)57(34(2)3)92-68(52)109)24-40-30-94(8)53-19-13-11-16-43(40)53/h10-13,15-17,19,27-28,30,33-37,45-52,57-59,79,95H,9,14,18,20-26,29,31-32H2,1-8H3,(H2,73,97)(H2,74,101)(H,77,81)(H,80,103)(H,82,98)(H,83,96)(H,84,107)(H,85,106)(H,86,102)(H,87,108)(H,88,105)(H,89,111)(H,90,104)(H,91,112)(H,92,109)(H,93,110)(H,99,100)(H4,75,76,78)/t35-,36-,37+,45-,46-,47-,48-,49-,50-,51-,52?,57-,58-,59-/m0/s1. The van der Waals surface area contributed by atoms with Gasteiger partial charge in [0.05, 0.1) is 25.4 Å². The first kappa shape index (κ1) is 91.1. The maximum Gasteiger partial charge on any atom is 0.305 e. The van der Waals surface area contributed by atoms with E-state index in [0.717, 1.165) is 28.5 Å². The predicted molar refractivity (Wildman–Crippen MR) is 418 cm³/mol. The number of carboxylic acids is 1. The number of aryl methyl sites for hydroxylation is 1. The summed E-state index contributed by atoms with van der Waals surface area (Å²) in [4.78, 5) is 236. The van der Waals surface area contributed by atoms with Crippen LogP contribution in [-0.4, -0.2) is 233 Å². The van der Waals surface area contributed by atoms with Crippen LogP contribution in [0, 0.1) is 17.2 Å². The second-order valence-electron chi connectivity index (χ2n) is 27.9. The molecule has 0 saturated carbocycles. The Kier molecular flexibility index (Phi) is 35.0. The minimum absolute atomic E-state index is 0.00256. The number of imidazole rings is 1. The Morgan fingerprint density at radius 2 is 1.24 bits per heavy atom. The number of amides is 15. The lowest BCUT2D eigenvalue weighted by Gasteiger charge is -2.29.